The summed E-state index contributed by atoms with van der Waals surface area (Å²) in [6, 6.07) is 7.09. The molecule has 0 radical (unpaired) electrons. The maximum absolute atomic E-state index is 11.1. The van der Waals surface area contributed by atoms with E-state index in [-0.39, 0.29) is 11.8 Å². The number of hydrogen-bond donors (Lipinski definition) is 1. The van der Waals surface area contributed by atoms with Gasteiger partial charge in [-0.3, -0.25) is 4.68 Å². The van der Waals surface area contributed by atoms with Crippen molar-refractivity contribution >= 4 is 5.97 Å². The van der Waals surface area contributed by atoms with Crippen LogP contribution in [0.4, 0.5) is 0 Å². The molecule has 3 rings (SSSR count). The zero-order valence-electron chi connectivity index (χ0n) is 11.9. The van der Waals surface area contributed by atoms with Gasteiger partial charge < -0.3 is 14.6 Å². The van der Waals surface area contributed by atoms with Crippen LogP contribution in [0.15, 0.2) is 24.3 Å². The van der Waals surface area contributed by atoms with Crippen molar-refractivity contribution in [3.8, 4) is 22.8 Å². The first-order valence-corrected chi connectivity index (χ1v) is 6.71. The fraction of sp³-hybridized carbons (Fsp3) is 0.333. The topological polar surface area (TPSA) is 73.6 Å². The summed E-state index contributed by atoms with van der Waals surface area (Å²) in [7, 11) is 3.30. The molecule has 2 aromatic rings. The number of ether oxygens (including phenoxy) is 2. The molecule has 1 aliphatic rings. The van der Waals surface area contributed by atoms with Crippen LogP contribution >= 0.6 is 0 Å². The molecule has 0 spiro atoms. The zero-order valence-corrected chi connectivity index (χ0v) is 11.9. The van der Waals surface area contributed by atoms with Crippen molar-refractivity contribution in [1.29, 1.82) is 0 Å². The van der Waals surface area contributed by atoms with Gasteiger partial charge in [-0.1, -0.05) is 6.07 Å². The first-order valence-electron chi connectivity index (χ1n) is 6.71. The van der Waals surface area contributed by atoms with E-state index in [1.165, 1.54) is 10.7 Å². The molecule has 110 valence electrons. The van der Waals surface area contributed by atoms with E-state index in [4.69, 9.17) is 14.6 Å². The fourth-order valence-electron chi connectivity index (χ4n) is 2.18. The summed E-state index contributed by atoms with van der Waals surface area (Å²) < 4.78 is 12.8. The van der Waals surface area contributed by atoms with Crippen molar-refractivity contribution in [3.05, 3.63) is 30.0 Å². The highest BCUT2D eigenvalue weighted by atomic mass is 16.5. The SMILES string of the molecule is COc1cccc(-c2cc(C(=O)O)nn2C)c1OC1CC1. The lowest BCUT2D eigenvalue weighted by molar-refractivity contribution is 0.0689. The lowest BCUT2D eigenvalue weighted by atomic mass is 10.1. The number of nitrogens with zero attached hydrogens (tertiary/aromatic N) is 2. The zero-order chi connectivity index (χ0) is 15.0. The smallest absolute Gasteiger partial charge is 0.356 e. The fourth-order valence-corrected chi connectivity index (χ4v) is 2.18. The molecule has 1 aromatic carbocycles. The van der Waals surface area contributed by atoms with Gasteiger partial charge >= 0.3 is 5.97 Å². The quantitative estimate of drug-likeness (QED) is 0.914. The molecule has 1 N–H and O–H groups in total. The van der Waals surface area contributed by atoms with E-state index in [1.54, 1.807) is 14.2 Å². The van der Waals surface area contributed by atoms with Gasteiger partial charge in [0.05, 0.1) is 18.9 Å². The van der Waals surface area contributed by atoms with Crippen LogP contribution in [0.2, 0.25) is 0 Å². The molecule has 0 bridgehead atoms. The van der Waals surface area contributed by atoms with Crippen molar-refractivity contribution in [2.45, 2.75) is 18.9 Å². The number of aromatic carboxylic acids is 1. The Labute approximate surface area is 121 Å². The number of hydrogen-bond acceptors (Lipinski definition) is 4. The normalized spacial score (nSPS) is 14.0. The van der Waals surface area contributed by atoms with Gasteiger partial charge in [-0.05, 0) is 31.0 Å². The summed E-state index contributed by atoms with van der Waals surface area (Å²) in [5, 5.41) is 13.1. The first-order chi connectivity index (χ1) is 10.1. The number of benzene rings is 1. The van der Waals surface area contributed by atoms with Crippen molar-refractivity contribution in [3.63, 3.8) is 0 Å². The molecule has 0 amide bonds. The predicted octanol–water partition coefficient (Wildman–Crippen LogP) is 2.34. The van der Waals surface area contributed by atoms with Gasteiger partial charge in [0.2, 0.25) is 0 Å². The summed E-state index contributed by atoms with van der Waals surface area (Å²) in [5.74, 6) is 0.226. The number of para-hydroxylation sites is 1. The van der Waals surface area contributed by atoms with Crippen molar-refractivity contribution < 1.29 is 19.4 Å². The maximum Gasteiger partial charge on any atom is 0.356 e. The predicted molar refractivity (Wildman–Crippen MR) is 75.8 cm³/mol. The average molecular weight is 288 g/mol. The van der Waals surface area contributed by atoms with Crippen LogP contribution in [0.3, 0.4) is 0 Å². The highest BCUT2D eigenvalue weighted by Crippen LogP contribution is 2.41. The monoisotopic (exact) mass is 288 g/mol. The number of aryl methyl sites for hydroxylation is 1. The van der Waals surface area contributed by atoms with Crippen LogP contribution in [0.25, 0.3) is 11.3 Å². The van der Waals surface area contributed by atoms with Crippen LogP contribution < -0.4 is 9.47 Å². The maximum atomic E-state index is 11.1. The third kappa shape index (κ3) is 2.56. The second-order valence-corrected chi connectivity index (χ2v) is 5.00. The van der Waals surface area contributed by atoms with Gasteiger partial charge in [-0.15, -0.1) is 0 Å². The van der Waals surface area contributed by atoms with Gasteiger partial charge in [0.25, 0.3) is 0 Å². The van der Waals surface area contributed by atoms with Crippen molar-refractivity contribution in [2.24, 2.45) is 7.05 Å². The summed E-state index contributed by atoms with van der Waals surface area (Å²) in [5.41, 5.74) is 1.47. The Hall–Kier alpha value is -2.50. The molecule has 6 nitrogen and oxygen atoms in total. The Morgan fingerprint density at radius 1 is 1.43 bits per heavy atom. The molecule has 0 saturated heterocycles. The minimum Gasteiger partial charge on any atom is -0.493 e. The number of carbonyl (C=O) groups is 1. The van der Waals surface area contributed by atoms with Crippen molar-refractivity contribution in [1.82, 2.24) is 9.78 Å². The number of carboxylic acid groups (broad SMARTS) is 1. The Bertz CT molecular complexity index is 689. The minimum atomic E-state index is -1.05. The Morgan fingerprint density at radius 3 is 2.76 bits per heavy atom. The van der Waals surface area contributed by atoms with Gasteiger partial charge in [-0.2, -0.15) is 5.10 Å². The Kier molecular flexibility index (Phi) is 3.29. The molecule has 1 aromatic heterocycles. The van der Waals surface area contributed by atoms with E-state index in [2.05, 4.69) is 5.10 Å². The lowest BCUT2D eigenvalue weighted by Crippen LogP contribution is -2.02. The second-order valence-electron chi connectivity index (χ2n) is 5.00. The van der Waals surface area contributed by atoms with Crippen LogP contribution in [-0.2, 0) is 7.05 Å². The summed E-state index contributed by atoms with van der Waals surface area (Å²) >= 11 is 0. The second kappa shape index (κ2) is 5.12. The summed E-state index contributed by atoms with van der Waals surface area (Å²) in [6.07, 6.45) is 2.28. The van der Waals surface area contributed by atoms with Gasteiger partial charge in [0, 0.05) is 12.6 Å². The van der Waals surface area contributed by atoms with E-state index < -0.39 is 5.97 Å². The molecule has 1 fully saturated rings. The van der Waals surface area contributed by atoms with Gasteiger partial charge in [-0.25, -0.2) is 4.79 Å². The third-order valence-corrected chi connectivity index (χ3v) is 3.38. The van der Waals surface area contributed by atoms with E-state index in [0.29, 0.717) is 17.2 Å². The highest BCUT2D eigenvalue weighted by Gasteiger charge is 2.27. The Balaban J connectivity index is 2.10. The largest absolute Gasteiger partial charge is 0.493 e. The molecule has 6 heteroatoms. The van der Waals surface area contributed by atoms with Crippen molar-refractivity contribution in [2.75, 3.05) is 7.11 Å². The Morgan fingerprint density at radius 2 is 2.19 bits per heavy atom. The average Bonchev–Trinajstić information content (AvgIpc) is 3.19. The minimum absolute atomic E-state index is 0.00712. The molecule has 0 unspecified atom stereocenters. The van der Waals surface area contributed by atoms with E-state index >= 15 is 0 Å². The molecule has 1 saturated carbocycles. The molecule has 21 heavy (non-hydrogen) atoms. The summed E-state index contributed by atoms with van der Waals surface area (Å²) in [4.78, 5) is 11.1. The molecule has 1 heterocycles. The van der Waals surface area contributed by atoms with Gasteiger partial charge in [0.15, 0.2) is 17.2 Å². The van der Waals surface area contributed by atoms with E-state index in [1.807, 2.05) is 18.2 Å². The molecule has 0 atom stereocenters. The number of carboxylic acids is 1. The number of methoxy groups -OCH3 is 1. The van der Waals surface area contributed by atoms with Crippen LogP contribution in [0, 0.1) is 0 Å². The van der Waals surface area contributed by atoms with E-state index in [9.17, 15) is 4.79 Å². The molecular weight excluding hydrogens is 272 g/mol. The van der Waals surface area contributed by atoms with Crippen LogP contribution in [-0.4, -0.2) is 34.1 Å². The highest BCUT2D eigenvalue weighted by molar-refractivity contribution is 5.87. The lowest BCUT2D eigenvalue weighted by Gasteiger charge is -2.14. The number of aromatic nitrogens is 2. The van der Waals surface area contributed by atoms with Crippen LogP contribution in [0.5, 0.6) is 11.5 Å². The third-order valence-electron chi connectivity index (χ3n) is 3.38. The number of rotatable bonds is 5. The first kappa shape index (κ1) is 13.5. The van der Waals surface area contributed by atoms with E-state index in [0.717, 1.165) is 18.4 Å². The van der Waals surface area contributed by atoms with Crippen LogP contribution in [0.1, 0.15) is 23.3 Å². The molecule has 1 aliphatic carbocycles. The summed E-state index contributed by atoms with van der Waals surface area (Å²) in [6.45, 7) is 0. The molecular formula is C15H16N2O4. The molecule has 0 aliphatic heterocycles. The van der Waals surface area contributed by atoms with Gasteiger partial charge in [0.1, 0.15) is 0 Å². The standard InChI is InChI=1S/C15H16N2O4/c1-17-12(8-11(16-17)15(18)19)10-4-3-5-13(20-2)14(10)21-9-6-7-9/h3-5,8-9H,6-7H2,1-2H3,(H,18,19).